The molecule has 1 aromatic carbocycles. The summed E-state index contributed by atoms with van der Waals surface area (Å²) >= 11 is 7.12. The van der Waals surface area contributed by atoms with Crippen molar-refractivity contribution < 1.29 is 9.90 Å². The van der Waals surface area contributed by atoms with Crippen LogP contribution >= 0.6 is 22.9 Å². The van der Waals surface area contributed by atoms with E-state index in [1.54, 1.807) is 30.5 Å². The number of halogens is 1. The van der Waals surface area contributed by atoms with Crippen molar-refractivity contribution in [1.82, 2.24) is 4.98 Å². The molecular weight excluding hydrogens is 234 g/mol. The van der Waals surface area contributed by atoms with Crippen LogP contribution in [0.5, 0.6) is 0 Å². The molecule has 1 heterocycles. The van der Waals surface area contributed by atoms with Crippen molar-refractivity contribution in [2.75, 3.05) is 0 Å². The molecule has 0 saturated heterocycles. The molecule has 1 aromatic heterocycles. The number of aromatic carboxylic acids is 1. The Morgan fingerprint density at radius 1 is 1.33 bits per heavy atom. The Hall–Kier alpha value is -1.39. The number of hydrogen-bond acceptors (Lipinski definition) is 3. The molecule has 0 bridgehead atoms. The van der Waals surface area contributed by atoms with Crippen LogP contribution in [0.15, 0.2) is 30.5 Å². The summed E-state index contributed by atoms with van der Waals surface area (Å²) in [6, 6.07) is 6.54. The van der Waals surface area contributed by atoms with E-state index in [2.05, 4.69) is 4.98 Å². The first-order valence-corrected chi connectivity index (χ1v) is 5.31. The number of carboxylic acid groups (broad SMARTS) is 1. The van der Waals surface area contributed by atoms with E-state index in [0.29, 0.717) is 4.34 Å². The molecular formula is C10H6ClNO2S. The molecule has 5 heteroatoms. The number of aromatic nitrogens is 1. The zero-order valence-corrected chi connectivity index (χ0v) is 9.05. The number of rotatable bonds is 2. The minimum atomic E-state index is -0.932. The third-order valence-electron chi connectivity index (χ3n) is 1.86. The summed E-state index contributed by atoms with van der Waals surface area (Å²) in [6.07, 6.45) is 1.58. The summed E-state index contributed by atoms with van der Waals surface area (Å²) in [5.74, 6) is -0.932. The fourth-order valence-electron chi connectivity index (χ4n) is 1.14. The van der Waals surface area contributed by atoms with Crippen LogP contribution in [0.2, 0.25) is 4.34 Å². The van der Waals surface area contributed by atoms with Gasteiger partial charge < -0.3 is 5.11 Å². The lowest BCUT2D eigenvalue weighted by Gasteiger charge is -1.96. The quantitative estimate of drug-likeness (QED) is 0.876. The maximum absolute atomic E-state index is 10.6. The summed E-state index contributed by atoms with van der Waals surface area (Å²) in [7, 11) is 0. The van der Waals surface area contributed by atoms with Gasteiger partial charge in [-0.05, 0) is 12.1 Å². The van der Waals surface area contributed by atoms with E-state index in [-0.39, 0.29) is 5.56 Å². The third-order valence-corrected chi connectivity index (χ3v) is 3.02. The Labute approximate surface area is 95.0 Å². The van der Waals surface area contributed by atoms with Crippen molar-refractivity contribution in [2.24, 2.45) is 0 Å². The number of carbonyl (C=O) groups is 1. The SMILES string of the molecule is O=C(O)c1ccc(-c2ncc(Cl)s2)cc1. The van der Waals surface area contributed by atoms with Gasteiger partial charge in [0.05, 0.1) is 11.8 Å². The van der Waals surface area contributed by atoms with Crippen LogP contribution in [-0.4, -0.2) is 16.1 Å². The lowest BCUT2D eigenvalue weighted by molar-refractivity contribution is 0.0697. The summed E-state index contributed by atoms with van der Waals surface area (Å²) in [6.45, 7) is 0. The van der Waals surface area contributed by atoms with Crippen molar-refractivity contribution in [2.45, 2.75) is 0 Å². The molecule has 1 N–H and O–H groups in total. The fourth-order valence-corrected chi connectivity index (χ4v) is 2.06. The lowest BCUT2D eigenvalue weighted by atomic mass is 10.1. The van der Waals surface area contributed by atoms with Gasteiger partial charge in [-0.15, -0.1) is 11.3 Å². The average Bonchev–Trinajstić information content (AvgIpc) is 2.65. The Kier molecular flexibility index (Phi) is 2.70. The van der Waals surface area contributed by atoms with E-state index >= 15 is 0 Å². The second kappa shape index (κ2) is 4.00. The molecule has 0 amide bonds. The Morgan fingerprint density at radius 2 is 2.00 bits per heavy atom. The molecule has 0 saturated carbocycles. The highest BCUT2D eigenvalue weighted by atomic mass is 35.5. The van der Waals surface area contributed by atoms with E-state index in [1.165, 1.54) is 11.3 Å². The van der Waals surface area contributed by atoms with Crippen molar-refractivity contribution in [1.29, 1.82) is 0 Å². The predicted octanol–water partition coefficient (Wildman–Crippen LogP) is 3.16. The van der Waals surface area contributed by atoms with Crippen LogP contribution in [0, 0.1) is 0 Å². The number of nitrogens with zero attached hydrogens (tertiary/aromatic N) is 1. The van der Waals surface area contributed by atoms with Gasteiger partial charge in [-0.1, -0.05) is 23.7 Å². The maximum atomic E-state index is 10.6. The summed E-state index contributed by atoms with van der Waals surface area (Å²) in [5.41, 5.74) is 1.14. The van der Waals surface area contributed by atoms with E-state index < -0.39 is 5.97 Å². The van der Waals surface area contributed by atoms with Gasteiger partial charge in [-0.3, -0.25) is 0 Å². The molecule has 0 unspecified atom stereocenters. The maximum Gasteiger partial charge on any atom is 0.335 e. The molecule has 3 nitrogen and oxygen atoms in total. The van der Waals surface area contributed by atoms with Gasteiger partial charge in [-0.2, -0.15) is 0 Å². The van der Waals surface area contributed by atoms with Crippen LogP contribution in [0.4, 0.5) is 0 Å². The number of benzene rings is 1. The van der Waals surface area contributed by atoms with Gasteiger partial charge in [0.25, 0.3) is 0 Å². The van der Waals surface area contributed by atoms with Crippen molar-refractivity contribution >= 4 is 28.9 Å². The van der Waals surface area contributed by atoms with E-state index in [1.807, 2.05) is 0 Å². The van der Waals surface area contributed by atoms with Crippen LogP contribution in [0.1, 0.15) is 10.4 Å². The molecule has 2 rings (SSSR count). The van der Waals surface area contributed by atoms with E-state index in [0.717, 1.165) is 10.6 Å². The van der Waals surface area contributed by atoms with E-state index in [4.69, 9.17) is 16.7 Å². The summed E-state index contributed by atoms with van der Waals surface area (Å²) < 4.78 is 0.618. The second-order valence-corrected chi connectivity index (χ2v) is 4.51. The average molecular weight is 240 g/mol. The van der Waals surface area contributed by atoms with Crippen LogP contribution in [0.25, 0.3) is 10.6 Å². The van der Waals surface area contributed by atoms with Gasteiger partial charge in [0, 0.05) is 5.56 Å². The molecule has 0 aliphatic carbocycles. The molecule has 0 atom stereocenters. The number of hydrogen-bond donors (Lipinski definition) is 1. The molecule has 15 heavy (non-hydrogen) atoms. The topological polar surface area (TPSA) is 50.2 Å². The van der Waals surface area contributed by atoms with Crippen molar-refractivity contribution in [3.8, 4) is 10.6 Å². The minimum Gasteiger partial charge on any atom is -0.478 e. The van der Waals surface area contributed by atoms with Gasteiger partial charge in [0.15, 0.2) is 0 Å². The lowest BCUT2D eigenvalue weighted by Crippen LogP contribution is -1.94. The molecule has 0 radical (unpaired) electrons. The fraction of sp³-hybridized carbons (Fsp3) is 0. The highest BCUT2D eigenvalue weighted by molar-refractivity contribution is 7.18. The first kappa shape index (κ1) is 10.1. The molecule has 0 aliphatic heterocycles. The van der Waals surface area contributed by atoms with Gasteiger partial charge in [-0.25, -0.2) is 9.78 Å². The minimum absolute atomic E-state index is 0.265. The van der Waals surface area contributed by atoms with Crippen molar-refractivity contribution in [3.05, 3.63) is 40.4 Å². The zero-order chi connectivity index (χ0) is 10.8. The summed E-state index contributed by atoms with van der Waals surface area (Å²) in [5, 5.41) is 9.51. The Balaban J connectivity index is 2.35. The first-order chi connectivity index (χ1) is 7.16. The molecule has 0 fully saturated rings. The monoisotopic (exact) mass is 239 g/mol. The smallest absolute Gasteiger partial charge is 0.335 e. The van der Waals surface area contributed by atoms with Crippen LogP contribution in [0.3, 0.4) is 0 Å². The largest absolute Gasteiger partial charge is 0.478 e. The van der Waals surface area contributed by atoms with Crippen LogP contribution in [-0.2, 0) is 0 Å². The third kappa shape index (κ3) is 2.16. The van der Waals surface area contributed by atoms with Gasteiger partial charge in [0.2, 0.25) is 0 Å². The standard InChI is InChI=1S/C10H6ClNO2S/c11-8-5-12-9(15-8)6-1-3-7(4-2-6)10(13)14/h1-5H,(H,13,14). The van der Waals surface area contributed by atoms with Gasteiger partial charge in [0.1, 0.15) is 9.34 Å². The highest BCUT2D eigenvalue weighted by Crippen LogP contribution is 2.27. The second-order valence-electron chi connectivity index (χ2n) is 2.85. The summed E-state index contributed by atoms with van der Waals surface area (Å²) in [4.78, 5) is 14.7. The molecule has 0 aliphatic rings. The van der Waals surface area contributed by atoms with Crippen molar-refractivity contribution in [3.63, 3.8) is 0 Å². The first-order valence-electron chi connectivity index (χ1n) is 4.12. The number of carboxylic acids is 1. The normalized spacial score (nSPS) is 10.2. The number of thiazole rings is 1. The van der Waals surface area contributed by atoms with Crippen LogP contribution < -0.4 is 0 Å². The Bertz CT molecular complexity index is 492. The van der Waals surface area contributed by atoms with Gasteiger partial charge >= 0.3 is 5.97 Å². The predicted molar refractivity (Wildman–Crippen MR) is 59.5 cm³/mol. The zero-order valence-electron chi connectivity index (χ0n) is 7.48. The molecule has 2 aromatic rings. The molecule has 76 valence electrons. The Morgan fingerprint density at radius 3 is 2.47 bits per heavy atom. The molecule has 0 spiro atoms. The van der Waals surface area contributed by atoms with E-state index in [9.17, 15) is 4.79 Å². The highest BCUT2D eigenvalue weighted by Gasteiger charge is 2.05.